The lowest BCUT2D eigenvalue weighted by Crippen LogP contribution is -2.16. The number of aryl methyl sites for hydroxylation is 1. The third-order valence-electron chi connectivity index (χ3n) is 4.03. The lowest BCUT2D eigenvalue weighted by molar-refractivity contribution is -0.274. The highest BCUT2D eigenvalue weighted by Crippen LogP contribution is 2.26. The molecule has 148 valence electrons. The van der Waals surface area contributed by atoms with Gasteiger partial charge in [0.15, 0.2) is 0 Å². The molecule has 0 radical (unpaired) electrons. The number of rotatable bonds is 5. The van der Waals surface area contributed by atoms with E-state index < -0.39 is 6.36 Å². The van der Waals surface area contributed by atoms with E-state index in [4.69, 9.17) is 0 Å². The van der Waals surface area contributed by atoms with Crippen molar-refractivity contribution in [3.8, 4) is 5.75 Å². The summed E-state index contributed by atoms with van der Waals surface area (Å²) in [5.74, 6) is 0.585. The minimum atomic E-state index is -4.72. The van der Waals surface area contributed by atoms with Crippen LogP contribution in [0.2, 0.25) is 0 Å². The number of anilines is 4. The van der Waals surface area contributed by atoms with E-state index in [0.717, 1.165) is 22.3 Å². The van der Waals surface area contributed by atoms with Gasteiger partial charge in [0.05, 0.1) is 0 Å². The van der Waals surface area contributed by atoms with Gasteiger partial charge in [-0.2, -0.15) is 4.98 Å². The molecule has 0 aliphatic carbocycles. The summed E-state index contributed by atoms with van der Waals surface area (Å²) in [5.41, 5.74) is 3.46. The molecular formula is C20H16F3N5O. The first-order chi connectivity index (χ1) is 13.8. The molecule has 4 aromatic rings. The molecule has 0 saturated heterocycles. The lowest BCUT2D eigenvalue weighted by atomic mass is 10.2. The van der Waals surface area contributed by atoms with Gasteiger partial charge in [-0.25, -0.2) is 4.98 Å². The molecule has 0 unspecified atom stereocenters. The Kier molecular flexibility index (Phi) is 4.71. The molecule has 0 spiro atoms. The van der Waals surface area contributed by atoms with Crippen LogP contribution in [0, 0.1) is 6.92 Å². The second-order valence-electron chi connectivity index (χ2n) is 6.34. The molecule has 0 bridgehead atoms. The summed E-state index contributed by atoms with van der Waals surface area (Å²) in [6, 6.07) is 15.0. The van der Waals surface area contributed by atoms with E-state index in [0.29, 0.717) is 17.5 Å². The smallest absolute Gasteiger partial charge is 0.406 e. The normalized spacial score (nSPS) is 11.4. The van der Waals surface area contributed by atoms with E-state index in [1.165, 1.54) is 24.3 Å². The van der Waals surface area contributed by atoms with Gasteiger partial charge in [-0.05, 0) is 60.8 Å². The highest BCUT2D eigenvalue weighted by Gasteiger charge is 2.30. The average molecular weight is 399 g/mol. The predicted molar refractivity (Wildman–Crippen MR) is 105 cm³/mol. The van der Waals surface area contributed by atoms with E-state index in [9.17, 15) is 13.2 Å². The van der Waals surface area contributed by atoms with Gasteiger partial charge in [0.1, 0.15) is 11.6 Å². The average Bonchev–Trinajstić information content (AvgIpc) is 3.02. The molecule has 2 aromatic carbocycles. The Morgan fingerprint density at radius 3 is 2.45 bits per heavy atom. The Bertz CT molecular complexity index is 1140. The topological polar surface area (TPSA) is 74.9 Å². The minimum Gasteiger partial charge on any atom is -0.406 e. The van der Waals surface area contributed by atoms with Crippen molar-refractivity contribution < 1.29 is 17.9 Å². The zero-order valence-corrected chi connectivity index (χ0v) is 15.2. The van der Waals surface area contributed by atoms with Gasteiger partial charge in [0, 0.05) is 28.8 Å². The predicted octanol–water partition coefficient (Wildman–Crippen LogP) is 5.65. The summed E-state index contributed by atoms with van der Waals surface area (Å²) in [7, 11) is 0. The number of halogens is 3. The van der Waals surface area contributed by atoms with Gasteiger partial charge in [-0.15, -0.1) is 13.2 Å². The van der Waals surface area contributed by atoms with Gasteiger partial charge in [-0.3, -0.25) is 0 Å². The van der Waals surface area contributed by atoms with Crippen LogP contribution in [-0.2, 0) is 0 Å². The van der Waals surface area contributed by atoms with E-state index >= 15 is 0 Å². The first-order valence-electron chi connectivity index (χ1n) is 8.66. The maximum Gasteiger partial charge on any atom is 0.573 e. The number of alkyl halides is 3. The fourth-order valence-corrected chi connectivity index (χ4v) is 2.86. The van der Waals surface area contributed by atoms with Crippen LogP contribution in [0.15, 0.2) is 60.8 Å². The molecule has 6 nitrogen and oxygen atoms in total. The molecule has 4 rings (SSSR count). The maximum atomic E-state index is 12.2. The SMILES string of the molecule is Cc1cc2ccc(Nc3nccc(Nc4ccc(OC(F)(F)F)cc4)n3)cc2[nH]1. The fourth-order valence-electron chi connectivity index (χ4n) is 2.86. The fraction of sp³-hybridized carbons (Fsp3) is 0.100. The van der Waals surface area contributed by atoms with Crippen LogP contribution in [0.4, 0.5) is 36.3 Å². The molecule has 2 heterocycles. The van der Waals surface area contributed by atoms with Crippen LogP contribution in [0.25, 0.3) is 10.9 Å². The summed E-state index contributed by atoms with van der Waals surface area (Å²) < 4.78 is 40.6. The molecule has 0 atom stereocenters. The van der Waals surface area contributed by atoms with Crippen LogP contribution in [-0.4, -0.2) is 21.3 Å². The molecular weight excluding hydrogens is 383 g/mol. The summed E-state index contributed by atoms with van der Waals surface area (Å²) in [4.78, 5) is 11.8. The maximum absolute atomic E-state index is 12.2. The monoisotopic (exact) mass is 399 g/mol. The van der Waals surface area contributed by atoms with Crippen molar-refractivity contribution in [3.63, 3.8) is 0 Å². The third kappa shape index (κ3) is 4.75. The van der Waals surface area contributed by atoms with Crippen molar-refractivity contribution in [2.45, 2.75) is 13.3 Å². The number of hydrogen-bond acceptors (Lipinski definition) is 5. The van der Waals surface area contributed by atoms with Crippen molar-refractivity contribution in [1.82, 2.24) is 15.0 Å². The van der Waals surface area contributed by atoms with Gasteiger partial charge >= 0.3 is 6.36 Å². The van der Waals surface area contributed by atoms with Crippen molar-refractivity contribution >= 4 is 34.0 Å². The molecule has 0 saturated carbocycles. The molecule has 0 aliphatic heterocycles. The number of hydrogen-bond donors (Lipinski definition) is 3. The standard InChI is InChI=1S/C20H16F3N5O/c1-12-10-13-2-3-15(11-17(13)25-12)27-19-24-9-8-18(28-19)26-14-4-6-16(7-5-14)29-20(21,22)23/h2-11,25H,1H3,(H2,24,26,27,28). The number of fused-ring (bicyclic) bond motifs is 1. The Morgan fingerprint density at radius 2 is 1.69 bits per heavy atom. The molecule has 0 amide bonds. The summed E-state index contributed by atoms with van der Waals surface area (Å²) in [6.07, 6.45) is -3.14. The minimum absolute atomic E-state index is 0.289. The highest BCUT2D eigenvalue weighted by atomic mass is 19.4. The van der Waals surface area contributed by atoms with Gasteiger partial charge in [0.25, 0.3) is 0 Å². The Hall–Kier alpha value is -3.75. The second-order valence-corrected chi connectivity index (χ2v) is 6.34. The Balaban J connectivity index is 1.46. The third-order valence-corrected chi connectivity index (χ3v) is 4.03. The van der Waals surface area contributed by atoms with E-state index in [-0.39, 0.29) is 5.75 Å². The molecule has 9 heteroatoms. The first kappa shape index (κ1) is 18.6. The van der Waals surface area contributed by atoms with E-state index in [1.54, 1.807) is 12.3 Å². The quantitative estimate of drug-likeness (QED) is 0.404. The molecule has 2 aromatic heterocycles. The Labute approximate surface area is 163 Å². The number of ether oxygens (including phenoxy) is 1. The zero-order valence-electron chi connectivity index (χ0n) is 15.2. The number of aromatic nitrogens is 3. The van der Waals surface area contributed by atoms with Crippen LogP contribution >= 0.6 is 0 Å². The molecule has 0 aliphatic rings. The number of benzene rings is 2. The molecule has 29 heavy (non-hydrogen) atoms. The van der Waals surface area contributed by atoms with Crippen LogP contribution in [0.5, 0.6) is 5.75 Å². The van der Waals surface area contributed by atoms with Crippen LogP contribution in [0.1, 0.15) is 5.69 Å². The zero-order chi connectivity index (χ0) is 20.4. The number of nitrogens with zero attached hydrogens (tertiary/aromatic N) is 2. The highest BCUT2D eigenvalue weighted by molar-refractivity contribution is 5.84. The largest absolute Gasteiger partial charge is 0.573 e. The first-order valence-corrected chi connectivity index (χ1v) is 8.66. The van der Waals surface area contributed by atoms with E-state index in [1.807, 2.05) is 25.1 Å². The Morgan fingerprint density at radius 1 is 0.931 bits per heavy atom. The summed E-state index contributed by atoms with van der Waals surface area (Å²) >= 11 is 0. The van der Waals surface area contributed by atoms with Crippen molar-refractivity contribution in [2.75, 3.05) is 10.6 Å². The van der Waals surface area contributed by atoms with Crippen molar-refractivity contribution in [2.24, 2.45) is 0 Å². The molecule has 3 N–H and O–H groups in total. The van der Waals surface area contributed by atoms with E-state index in [2.05, 4.69) is 36.4 Å². The second kappa shape index (κ2) is 7.34. The summed E-state index contributed by atoms with van der Waals surface area (Å²) in [6.45, 7) is 1.99. The number of nitrogens with one attached hydrogen (secondary N) is 3. The van der Waals surface area contributed by atoms with Gasteiger partial charge in [-0.1, -0.05) is 6.07 Å². The van der Waals surface area contributed by atoms with Crippen LogP contribution in [0.3, 0.4) is 0 Å². The van der Waals surface area contributed by atoms with Crippen molar-refractivity contribution in [1.29, 1.82) is 0 Å². The number of H-pyrrole nitrogens is 1. The lowest BCUT2D eigenvalue weighted by Gasteiger charge is -2.11. The summed E-state index contributed by atoms with van der Waals surface area (Å²) in [5, 5.41) is 7.27. The number of aromatic amines is 1. The van der Waals surface area contributed by atoms with Gasteiger partial charge in [0.2, 0.25) is 5.95 Å². The molecule has 0 fully saturated rings. The van der Waals surface area contributed by atoms with Crippen LogP contribution < -0.4 is 15.4 Å². The van der Waals surface area contributed by atoms with Gasteiger partial charge < -0.3 is 20.4 Å². The van der Waals surface area contributed by atoms with Crippen molar-refractivity contribution in [3.05, 3.63) is 66.5 Å².